The molecule has 0 saturated heterocycles. The molecule has 122 valence electrons. The maximum atomic E-state index is 12.3. The van der Waals surface area contributed by atoms with E-state index >= 15 is 0 Å². The van der Waals surface area contributed by atoms with Gasteiger partial charge in [0.05, 0.1) is 11.4 Å². The van der Waals surface area contributed by atoms with E-state index in [9.17, 15) is 8.42 Å². The maximum Gasteiger partial charge on any atom is 0.243 e. The molecular weight excluding hydrogens is 300 g/mol. The van der Waals surface area contributed by atoms with Crippen molar-refractivity contribution in [1.82, 2.24) is 9.62 Å². The molecule has 0 heterocycles. The normalized spacial score (nSPS) is 16.3. The fourth-order valence-electron chi connectivity index (χ4n) is 1.87. The van der Waals surface area contributed by atoms with Gasteiger partial charge in [-0.1, -0.05) is 12.1 Å². The molecule has 1 aliphatic rings. The Kier molecular flexibility index (Phi) is 5.08. The lowest BCUT2D eigenvalue weighted by Gasteiger charge is -2.21. The highest BCUT2D eigenvalue weighted by Crippen LogP contribution is 2.19. The lowest BCUT2D eigenvalue weighted by molar-refractivity contribution is 0.410. The van der Waals surface area contributed by atoms with E-state index in [1.54, 1.807) is 31.3 Å². The fourth-order valence-corrected chi connectivity index (χ4v) is 3.24. The van der Waals surface area contributed by atoms with Gasteiger partial charge in [0, 0.05) is 19.1 Å². The molecule has 2 rings (SSSR count). The van der Waals surface area contributed by atoms with Gasteiger partial charge in [-0.2, -0.15) is 4.31 Å². The number of nitrogens with two attached hydrogens (primary N) is 1. The number of nitrogens with one attached hydrogen (secondary N) is 1. The Hall–Kier alpha value is -1.60. The quantitative estimate of drug-likeness (QED) is 0.609. The Morgan fingerprint density at radius 2 is 1.95 bits per heavy atom. The van der Waals surface area contributed by atoms with Crippen LogP contribution in [0.15, 0.2) is 34.2 Å². The predicted molar refractivity (Wildman–Crippen MR) is 88.0 cm³/mol. The molecule has 1 aliphatic carbocycles. The number of hydrogen-bond acceptors (Lipinski definition) is 3. The summed E-state index contributed by atoms with van der Waals surface area (Å²) in [5.41, 5.74) is 6.69. The van der Waals surface area contributed by atoms with Crippen LogP contribution < -0.4 is 11.1 Å². The van der Waals surface area contributed by atoms with Crippen molar-refractivity contribution in [2.75, 3.05) is 7.05 Å². The summed E-state index contributed by atoms with van der Waals surface area (Å²) in [5, 5.41) is 3.11. The van der Waals surface area contributed by atoms with Gasteiger partial charge in [0.25, 0.3) is 0 Å². The van der Waals surface area contributed by atoms with Gasteiger partial charge in [0.15, 0.2) is 5.96 Å². The Balaban J connectivity index is 2.03. The Morgan fingerprint density at radius 1 is 1.36 bits per heavy atom. The number of rotatable bonds is 6. The maximum absolute atomic E-state index is 12.3. The number of nitrogens with zero attached hydrogens (tertiary/aromatic N) is 2. The molecule has 1 saturated carbocycles. The summed E-state index contributed by atoms with van der Waals surface area (Å²) < 4.78 is 26.1. The molecule has 1 aromatic rings. The van der Waals surface area contributed by atoms with Crippen molar-refractivity contribution in [2.24, 2.45) is 10.7 Å². The average molecular weight is 324 g/mol. The molecule has 3 N–H and O–H groups in total. The summed E-state index contributed by atoms with van der Waals surface area (Å²) in [7, 11) is -1.85. The van der Waals surface area contributed by atoms with E-state index in [-0.39, 0.29) is 6.04 Å². The van der Waals surface area contributed by atoms with E-state index < -0.39 is 10.0 Å². The number of hydrogen-bond donors (Lipinski definition) is 2. The highest BCUT2D eigenvalue weighted by Gasteiger charge is 2.23. The Morgan fingerprint density at radius 3 is 2.45 bits per heavy atom. The second-order valence-corrected chi connectivity index (χ2v) is 7.88. The summed E-state index contributed by atoms with van der Waals surface area (Å²) in [5.74, 6) is 0.443. The van der Waals surface area contributed by atoms with Crippen LogP contribution in [0.4, 0.5) is 0 Å². The van der Waals surface area contributed by atoms with Crippen LogP contribution in [0.1, 0.15) is 32.3 Å². The van der Waals surface area contributed by atoms with Gasteiger partial charge in [-0.25, -0.2) is 13.4 Å². The summed E-state index contributed by atoms with van der Waals surface area (Å²) >= 11 is 0. The Labute approximate surface area is 132 Å². The van der Waals surface area contributed by atoms with Gasteiger partial charge in [0.2, 0.25) is 10.0 Å². The molecule has 0 amide bonds. The molecule has 6 nitrogen and oxygen atoms in total. The third-order valence-electron chi connectivity index (χ3n) is 3.69. The predicted octanol–water partition coefficient (Wildman–Crippen LogP) is 1.28. The van der Waals surface area contributed by atoms with Gasteiger partial charge < -0.3 is 11.1 Å². The minimum atomic E-state index is -3.43. The lowest BCUT2D eigenvalue weighted by atomic mass is 10.2. The minimum Gasteiger partial charge on any atom is -0.370 e. The topological polar surface area (TPSA) is 87.8 Å². The van der Waals surface area contributed by atoms with E-state index in [0.717, 1.165) is 18.4 Å². The summed E-state index contributed by atoms with van der Waals surface area (Å²) in [6, 6.07) is 7.17. The van der Waals surface area contributed by atoms with Gasteiger partial charge in [-0.05, 0) is 44.4 Å². The molecule has 7 heteroatoms. The van der Waals surface area contributed by atoms with Crippen molar-refractivity contribution < 1.29 is 8.42 Å². The molecule has 1 fully saturated rings. The van der Waals surface area contributed by atoms with Crippen molar-refractivity contribution in [3.63, 3.8) is 0 Å². The molecule has 1 aromatic carbocycles. The zero-order valence-corrected chi connectivity index (χ0v) is 14.1. The van der Waals surface area contributed by atoms with Gasteiger partial charge in [-0.15, -0.1) is 0 Å². The largest absolute Gasteiger partial charge is 0.370 e. The van der Waals surface area contributed by atoms with Gasteiger partial charge >= 0.3 is 0 Å². The molecule has 0 atom stereocenters. The monoisotopic (exact) mass is 324 g/mol. The van der Waals surface area contributed by atoms with Gasteiger partial charge in [-0.3, -0.25) is 0 Å². The van der Waals surface area contributed by atoms with Crippen LogP contribution in [-0.2, 0) is 16.6 Å². The van der Waals surface area contributed by atoms with Crippen LogP contribution in [0.2, 0.25) is 0 Å². The van der Waals surface area contributed by atoms with E-state index in [1.807, 2.05) is 13.8 Å². The molecule has 0 unspecified atom stereocenters. The lowest BCUT2D eigenvalue weighted by Crippen LogP contribution is -2.33. The Bertz CT molecular complexity index is 634. The number of aliphatic imine (C=N–C) groups is 1. The molecule has 22 heavy (non-hydrogen) atoms. The first kappa shape index (κ1) is 16.8. The molecule has 0 radical (unpaired) electrons. The van der Waals surface area contributed by atoms with Crippen LogP contribution in [0.5, 0.6) is 0 Å². The third kappa shape index (κ3) is 4.20. The molecular formula is C15H24N4O2S. The van der Waals surface area contributed by atoms with E-state index in [2.05, 4.69) is 10.3 Å². The van der Waals surface area contributed by atoms with Crippen LogP contribution in [0.3, 0.4) is 0 Å². The SMILES string of the molecule is CC(C)N(C)S(=O)(=O)c1ccc(CN=C(N)NC2CC2)cc1. The smallest absolute Gasteiger partial charge is 0.243 e. The van der Waals surface area contributed by atoms with Crippen molar-refractivity contribution >= 4 is 16.0 Å². The average Bonchev–Trinajstić information content (AvgIpc) is 3.28. The molecule has 0 spiro atoms. The third-order valence-corrected chi connectivity index (χ3v) is 5.74. The van der Waals surface area contributed by atoms with Crippen molar-refractivity contribution in [3.05, 3.63) is 29.8 Å². The van der Waals surface area contributed by atoms with E-state index in [0.29, 0.717) is 23.4 Å². The zero-order chi connectivity index (χ0) is 16.3. The van der Waals surface area contributed by atoms with Crippen LogP contribution in [0.25, 0.3) is 0 Å². The molecule has 0 bridgehead atoms. The standard InChI is InChI=1S/C15H24N4O2S/c1-11(2)19(3)22(20,21)14-8-4-12(5-9-14)10-17-15(16)18-13-6-7-13/h4-5,8-9,11,13H,6-7,10H2,1-3H3,(H3,16,17,18). The van der Waals surface area contributed by atoms with Crippen LogP contribution in [0, 0.1) is 0 Å². The first-order valence-electron chi connectivity index (χ1n) is 7.44. The number of sulfonamides is 1. The second kappa shape index (κ2) is 6.66. The fraction of sp³-hybridized carbons (Fsp3) is 0.533. The van der Waals surface area contributed by atoms with Crippen LogP contribution >= 0.6 is 0 Å². The first-order valence-corrected chi connectivity index (χ1v) is 8.88. The van der Waals surface area contributed by atoms with Gasteiger partial charge in [0.1, 0.15) is 0 Å². The van der Waals surface area contributed by atoms with Crippen LogP contribution in [-0.4, -0.2) is 37.8 Å². The first-order chi connectivity index (χ1) is 10.3. The summed E-state index contributed by atoms with van der Waals surface area (Å²) in [6.45, 7) is 4.12. The zero-order valence-electron chi connectivity index (χ0n) is 13.3. The molecule has 0 aromatic heterocycles. The second-order valence-electron chi connectivity index (χ2n) is 5.88. The summed E-state index contributed by atoms with van der Waals surface area (Å²) in [6.07, 6.45) is 2.29. The van der Waals surface area contributed by atoms with E-state index in [4.69, 9.17) is 5.73 Å². The highest BCUT2D eigenvalue weighted by atomic mass is 32.2. The highest BCUT2D eigenvalue weighted by molar-refractivity contribution is 7.89. The summed E-state index contributed by atoms with van der Waals surface area (Å²) in [4.78, 5) is 4.55. The minimum absolute atomic E-state index is 0.0810. The molecule has 0 aliphatic heterocycles. The van der Waals surface area contributed by atoms with Crippen molar-refractivity contribution in [1.29, 1.82) is 0 Å². The number of guanidine groups is 1. The van der Waals surface area contributed by atoms with Crippen molar-refractivity contribution in [3.8, 4) is 0 Å². The number of benzene rings is 1. The van der Waals surface area contributed by atoms with E-state index in [1.165, 1.54) is 4.31 Å². The van der Waals surface area contributed by atoms with Crippen molar-refractivity contribution in [2.45, 2.75) is 50.2 Å².